The van der Waals surface area contributed by atoms with Crippen LogP contribution < -0.4 is 39.0 Å². The minimum atomic E-state index is 0. The van der Waals surface area contributed by atoms with Gasteiger partial charge in [-0.05, 0) is 12.1 Å². The van der Waals surface area contributed by atoms with Gasteiger partial charge < -0.3 is 16.0 Å². The maximum atomic E-state index is 9.22. The minimum absolute atomic E-state index is 0. The first-order valence-corrected chi connectivity index (χ1v) is 3.19. The van der Waals surface area contributed by atoms with Crippen LogP contribution in [0, 0.1) is 0 Å². The van der Waals surface area contributed by atoms with Gasteiger partial charge in [0, 0.05) is 0 Å². The summed E-state index contributed by atoms with van der Waals surface area (Å²) in [5.74, 6) is 0.995. The molecular weight excluding hydrogens is 167 g/mol. The van der Waals surface area contributed by atoms with Crippen molar-refractivity contribution in [1.82, 2.24) is 0 Å². The van der Waals surface area contributed by atoms with Crippen LogP contribution in [0.5, 0.6) is 17.2 Å². The standard InChI is InChI=1S/C8H10O3.Na.H/c1-10-7-5-3-4-6(9)8(7)11-2;;/h3-5,9H,1-2H3;;/q;+1;-1. The molecule has 0 unspecified atom stereocenters. The van der Waals surface area contributed by atoms with Crippen LogP contribution in [-0.4, -0.2) is 19.3 Å². The van der Waals surface area contributed by atoms with Crippen LogP contribution in [0.4, 0.5) is 0 Å². The number of rotatable bonds is 2. The van der Waals surface area contributed by atoms with E-state index in [-0.39, 0.29) is 36.7 Å². The maximum absolute atomic E-state index is 9.22. The van der Waals surface area contributed by atoms with Gasteiger partial charge in [-0.2, -0.15) is 0 Å². The summed E-state index contributed by atoms with van der Waals surface area (Å²) in [5, 5.41) is 9.22. The SMILES string of the molecule is COc1cccc(O)c1OC.[H-].[Na+]. The van der Waals surface area contributed by atoms with Crippen molar-refractivity contribution in [2.75, 3.05) is 14.2 Å². The Hall–Kier alpha value is -0.380. The number of phenols is 1. The zero-order valence-corrected chi connectivity index (χ0v) is 9.50. The van der Waals surface area contributed by atoms with Crippen LogP contribution in [-0.2, 0) is 0 Å². The van der Waals surface area contributed by atoms with Crippen LogP contribution in [0.3, 0.4) is 0 Å². The van der Waals surface area contributed by atoms with Gasteiger partial charge in [0.05, 0.1) is 14.2 Å². The average molecular weight is 178 g/mol. The summed E-state index contributed by atoms with van der Waals surface area (Å²) < 4.78 is 9.82. The Morgan fingerprint density at radius 2 is 1.92 bits per heavy atom. The molecule has 0 saturated carbocycles. The van der Waals surface area contributed by atoms with E-state index in [4.69, 9.17) is 9.47 Å². The third-order valence-electron chi connectivity index (χ3n) is 1.38. The molecular formula is C8H11NaO3. The summed E-state index contributed by atoms with van der Waals surface area (Å²) in [5.41, 5.74) is 0. The van der Waals surface area contributed by atoms with Crippen LogP contribution in [0.25, 0.3) is 0 Å². The average Bonchev–Trinajstić information content (AvgIpc) is 2.04. The van der Waals surface area contributed by atoms with Gasteiger partial charge in [0.15, 0.2) is 11.5 Å². The fourth-order valence-electron chi connectivity index (χ4n) is 0.870. The van der Waals surface area contributed by atoms with E-state index >= 15 is 0 Å². The Kier molecular flexibility index (Phi) is 5.13. The van der Waals surface area contributed by atoms with Crippen LogP contribution in [0.15, 0.2) is 18.2 Å². The van der Waals surface area contributed by atoms with Gasteiger partial charge in [0.1, 0.15) is 0 Å². The van der Waals surface area contributed by atoms with E-state index in [2.05, 4.69) is 0 Å². The zero-order valence-electron chi connectivity index (χ0n) is 8.50. The van der Waals surface area contributed by atoms with Gasteiger partial charge >= 0.3 is 29.6 Å². The number of hydrogen-bond donors (Lipinski definition) is 1. The molecule has 0 atom stereocenters. The van der Waals surface area contributed by atoms with Crippen molar-refractivity contribution in [2.45, 2.75) is 0 Å². The number of para-hydroxylation sites is 1. The van der Waals surface area contributed by atoms with E-state index in [1.807, 2.05) is 0 Å². The first-order chi connectivity index (χ1) is 5.29. The second-order valence-corrected chi connectivity index (χ2v) is 2.01. The first kappa shape index (κ1) is 11.6. The van der Waals surface area contributed by atoms with Crippen LogP contribution in [0.2, 0.25) is 0 Å². The fraction of sp³-hybridized carbons (Fsp3) is 0.250. The molecule has 0 amide bonds. The Balaban J connectivity index is 0. The Bertz CT molecular complexity index is 255. The molecule has 3 nitrogen and oxygen atoms in total. The summed E-state index contributed by atoms with van der Waals surface area (Å²) in [4.78, 5) is 0. The molecule has 1 N–H and O–H groups in total. The molecule has 0 heterocycles. The molecule has 0 aliphatic rings. The van der Waals surface area contributed by atoms with Crippen LogP contribution >= 0.6 is 0 Å². The van der Waals surface area contributed by atoms with E-state index < -0.39 is 0 Å². The minimum Gasteiger partial charge on any atom is -1.00 e. The molecule has 0 bridgehead atoms. The molecule has 1 aromatic rings. The van der Waals surface area contributed by atoms with Gasteiger partial charge in [0.25, 0.3) is 0 Å². The van der Waals surface area contributed by atoms with Gasteiger partial charge in [-0.15, -0.1) is 0 Å². The van der Waals surface area contributed by atoms with Gasteiger partial charge in [-0.1, -0.05) is 6.07 Å². The number of aromatic hydroxyl groups is 1. The van der Waals surface area contributed by atoms with Crippen molar-refractivity contribution in [1.29, 1.82) is 0 Å². The molecule has 1 aromatic carbocycles. The summed E-state index contributed by atoms with van der Waals surface area (Å²) >= 11 is 0. The molecule has 0 fully saturated rings. The van der Waals surface area contributed by atoms with E-state index in [9.17, 15) is 5.11 Å². The molecule has 0 aromatic heterocycles. The van der Waals surface area contributed by atoms with Gasteiger partial charge in [-0.25, -0.2) is 0 Å². The molecule has 0 aliphatic carbocycles. The van der Waals surface area contributed by atoms with Crippen molar-refractivity contribution in [2.24, 2.45) is 0 Å². The monoisotopic (exact) mass is 178 g/mol. The van der Waals surface area contributed by atoms with Crippen molar-refractivity contribution in [3.63, 3.8) is 0 Å². The third kappa shape index (κ3) is 2.30. The zero-order chi connectivity index (χ0) is 8.27. The van der Waals surface area contributed by atoms with Crippen molar-refractivity contribution < 1.29 is 45.6 Å². The number of phenolic OH excluding ortho intramolecular Hbond substituents is 1. The molecule has 0 aliphatic heterocycles. The number of methoxy groups -OCH3 is 2. The third-order valence-corrected chi connectivity index (χ3v) is 1.38. The summed E-state index contributed by atoms with van der Waals surface area (Å²) in [6.07, 6.45) is 0. The van der Waals surface area contributed by atoms with Crippen molar-refractivity contribution in [3.05, 3.63) is 18.2 Å². The normalized spacial score (nSPS) is 8.50. The molecule has 1 rings (SSSR count). The molecule has 0 spiro atoms. The summed E-state index contributed by atoms with van der Waals surface area (Å²) in [6, 6.07) is 4.95. The fourth-order valence-corrected chi connectivity index (χ4v) is 0.870. The predicted octanol–water partition coefficient (Wildman–Crippen LogP) is -1.47. The Morgan fingerprint density at radius 3 is 2.33 bits per heavy atom. The maximum Gasteiger partial charge on any atom is 1.00 e. The van der Waals surface area contributed by atoms with E-state index in [0.29, 0.717) is 11.5 Å². The Morgan fingerprint density at radius 1 is 1.25 bits per heavy atom. The van der Waals surface area contributed by atoms with Gasteiger partial charge in [0.2, 0.25) is 5.75 Å². The molecule has 0 radical (unpaired) electrons. The Labute approximate surface area is 95.1 Å². The quantitative estimate of drug-likeness (QED) is 0.562. The topological polar surface area (TPSA) is 38.7 Å². The van der Waals surface area contributed by atoms with Crippen molar-refractivity contribution in [3.8, 4) is 17.2 Å². The molecule has 12 heavy (non-hydrogen) atoms. The smallest absolute Gasteiger partial charge is 1.00 e. The number of hydrogen-bond acceptors (Lipinski definition) is 3. The summed E-state index contributed by atoms with van der Waals surface area (Å²) in [7, 11) is 3.01. The molecule has 62 valence electrons. The predicted molar refractivity (Wildman–Crippen MR) is 42.3 cm³/mol. The summed E-state index contributed by atoms with van der Waals surface area (Å²) in [6.45, 7) is 0. The molecule has 0 saturated heterocycles. The van der Waals surface area contributed by atoms with Gasteiger partial charge in [-0.3, -0.25) is 0 Å². The second kappa shape index (κ2) is 5.30. The van der Waals surface area contributed by atoms with E-state index in [1.54, 1.807) is 18.2 Å². The molecule has 4 heteroatoms. The van der Waals surface area contributed by atoms with Crippen LogP contribution in [0.1, 0.15) is 1.43 Å². The van der Waals surface area contributed by atoms with Crippen molar-refractivity contribution >= 4 is 0 Å². The largest absolute Gasteiger partial charge is 1.00 e. The first-order valence-electron chi connectivity index (χ1n) is 3.19. The number of ether oxygens (including phenoxy) is 2. The number of benzene rings is 1. The van der Waals surface area contributed by atoms with E-state index in [1.165, 1.54) is 14.2 Å². The van der Waals surface area contributed by atoms with E-state index in [0.717, 1.165) is 0 Å². The second-order valence-electron chi connectivity index (χ2n) is 2.01.